The van der Waals surface area contributed by atoms with Gasteiger partial charge in [-0.1, -0.05) is 19.1 Å². The number of anilines is 2. The Bertz CT molecular complexity index is 1140. The van der Waals surface area contributed by atoms with Gasteiger partial charge in [0.15, 0.2) is 0 Å². The van der Waals surface area contributed by atoms with Gasteiger partial charge in [-0.25, -0.2) is 13.1 Å². The number of benzene rings is 2. The highest BCUT2D eigenvalue weighted by Crippen LogP contribution is 2.37. The Balaban J connectivity index is 1.27. The van der Waals surface area contributed by atoms with Crippen LogP contribution in [0.15, 0.2) is 47.4 Å². The minimum Gasteiger partial charge on any atom is -0.371 e. The van der Waals surface area contributed by atoms with Gasteiger partial charge in [0.1, 0.15) is 0 Å². The molecule has 176 valence electrons. The lowest BCUT2D eigenvalue weighted by Gasteiger charge is -2.33. The van der Waals surface area contributed by atoms with Crippen LogP contribution in [0.25, 0.3) is 0 Å². The predicted molar refractivity (Wildman–Crippen MR) is 131 cm³/mol. The van der Waals surface area contributed by atoms with Gasteiger partial charge in [0.05, 0.1) is 4.90 Å². The molecule has 0 radical (unpaired) electrons. The van der Waals surface area contributed by atoms with E-state index in [1.807, 2.05) is 24.0 Å². The van der Waals surface area contributed by atoms with E-state index in [1.165, 1.54) is 18.5 Å². The molecule has 2 heterocycles. The summed E-state index contributed by atoms with van der Waals surface area (Å²) in [5.41, 5.74) is 3.93. The molecule has 33 heavy (non-hydrogen) atoms. The summed E-state index contributed by atoms with van der Waals surface area (Å²) in [6, 6.07) is 13.0. The van der Waals surface area contributed by atoms with E-state index < -0.39 is 10.0 Å². The van der Waals surface area contributed by atoms with Crippen LogP contribution in [0.3, 0.4) is 0 Å². The Morgan fingerprint density at radius 3 is 2.52 bits per heavy atom. The van der Waals surface area contributed by atoms with E-state index in [4.69, 9.17) is 0 Å². The molecule has 6 nitrogen and oxygen atoms in total. The monoisotopic (exact) mass is 467 g/mol. The lowest BCUT2D eigenvalue weighted by molar-refractivity contribution is -0.119. The number of rotatable bonds is 6. The summed E-state index contributed by atoms with van der Waals surface area (Å²) in [7, 11) is -3.67. The summed E-state index contributed by atoms with van der Waals surface area (Å²) in [4.78, 5) is 17.0. The standard InChI is InChI=1S/C26H33N3O3S/c1-18-4-3-14-28(17-18)23-9-7-20(8-10-23)19(2)27-33(31,32)24-11-12-25-22(16-24)13-15-29(25)26(30)21-5-6-21/h7-12,16,18-19,21,27H,3-6,13-15,17H2,1-2H3/t18-,19-/m1/s1. The Morgan fingerprint density at radius 1 is 1.06 bits per heavy atom. The van der Waals surface area contributed by atoms with E-state index in [0.717, 1.165) is 42.7 Å². The molecule has 0 aromatic heterocycles. The summed E-state index contributed by atoms with van der Waals surface area (Å²) in [6.07, 6.45) is 5.13. The number of carbonyl (C=O) groups excluding carboxylic acids is 1. The molecule has 1 saturated carbocycles. The molecular weight excluding hydrogens is 434 g/mol. The molecule has 2 fully saturated rings. The zero-order valence-corrected chi connectivity index (χ0v) is 20.3. The Morgan fingerprint density at radius 2 is 1.82 bits per heavy atom. The highest BCUT2D eigenvalue weighted by Gasteiger charge is 2.36. The molecular formula is C26H33N3O3S. The van der Waals surface area contributed by atoms with Crippen LogP contribution in [0.4, 0.5) is 11.4 Å². The number of amides is 1. The van der Waals surface area contributed by atoms with Crippen molar-refractivity contribution in [2.75, 3.05) is 29.4 Å². The topological polar surface area (TPSA) is 69.7 Å². The third-order valence-corrected chi connectivity index (χ3v) is 8.73. The number of nitrogens with one attached hydrogen (secondary N) is 1. The highest BCUT2D eigenvalue weighted by atomic mass is 32.2. The van der Waals surface area contributed by atoms with Crippen LogP contribution in [0, 0.1) is 11.8 Å². The minimum absolute atomic E-state index is 0.159. The largest absolute Gasteiger partial charge is 0.371 e. The van der Waals surface area contributed by atoms with Crippen molar-refractivity contribution in [3.05, 3.63) is 53.6 Å². The zero-order valence-electron chi connectivity index (χ0n) is 19.5. The van der Waals surface area contributed by atoms with Crippen molar-refractivity contribution in [3.8, 4) is 0 Å². The van der Waals surface area contributed by atoms with Gasteiger partial charge in [-0.05, 0) is 86.4 Å². The fourth-order valence-corrected chi connectivity index (χ4v) is 6.37. The number of carbonyl (C=O) groups is 1. The van der Waals surface area contributed by atoms with Crippen LogP contribution in [0.5, 0.6) is 0 Å². The van der Waals surface area contributed by atoms with Gasteiger partial charge < -0.3 is 9.80 Å². The SMILES string of the molecule is C[C@@H]1CCCN(c2ccc([C@@H](C)NS(=O)(=O)c3ccc4c(c3)CCN4C(=O)C3CC3)cc2)C1. The molecule has 3 aliphatic rings. The second-order valence-corrected chi connectivity index (χ2v) is 11.6. The van der Waals surface area contributed by atoms with E-state index in [2.05, 4.69) is 28.7 Å². The quantitative estimate of drug-likeness (QED) is 0.689. The minimum atomic E-state index is -3.67. The first-order valence-electron chi connectivity index (χ1n) is 12.1. The fourth-order valence-electron chi connectivity index (χ4n) is 5.09. The van der Waals surface area contributed by atoms with Gasteiger partial charge in [-0.15, -0.1) is 0 Å². The Labute approximate surface area is 197 Å². The molecule has 1 amide bonds. The number of hydrogen-bond donors (Lipinski definition) is 1. The Kier molecular flexibility index (Phi) is 5.95. The smallest absolute Gasteiger partial charge is 0.241 e. The molecule has 1 N–H and O–H groups in total. The van der Waals surface area contributed by atoms with E-state index in [9.17, 15) is 13.2 Å². The van der Waals surface area contributed by atoms with Crippen molar-refractivity contribution in [3.63, 3.8) is 0 Å². The van der Waals surface area contributed by atoms with Crippen LogP contribution >= 0.6 is 0 Å². The van der Waals surface area contributed by atoms with Crippen LogP contribution in [0.2, 0.25) is 0 Å². The molecule has 7 heteroatoms. The van der Waals surface area contributed by atoms with Crippen molar-refractivity contribution in [2.45, 2.75) is 56.9 Å². The molecule has 2 aromatic rings. The fraction of sp³-hybridized carbons (Fsp3) is 0.500. The molecule has 0 unspecified atom stereocenters. The number of nitrogens with zero attached hydrogens (tertiary/aromatic N) is 2. The molecule has 0 bridgehead atoms. The average Bonchev–Trinajstić information content (AvgIpc) is 3.57. The number of hydrogen-bond acceptors (Lipinski definition) is 4. The Hall–Kier alpha value is -2.38. The van der Waals surface area contributed by atoms with Crippen LogP contribution < -0.4 is 14.5 Å². The lowest BCUT2D eigenvalue weighted by Crippen LogP contribution is -2.34. The first-order valence-corrected chi connectivity index (χ1v) is 13.6. The second-order valence-electron chi connectivity index (χ2n) is 9.93. The summed E-state index contributed by atoms with van der Waals surface area (Å²) in [5.74, 6) is 1.04. The lowest BCUT2D eigenvalue weighted by atomic mass is 9.99. The third kappa shape index (κ3) is 4.66. The first kappa shape index (κ1) is 22.4. The third-order valence-electron chi connectivity index (χ3n) is 7.20. The number of piperidine rings is 1. The first-order chi connectivity index (χ1) is 15.8. The van der Waals surface area contributed by atoms with Crippen molar-refractivity contribution in [1.82, 2.24) is 4.72 Å². The van der Waals surface area contributed by atoms with Crippen molar-refractivity contribution in [2.24, 2.45) is 11.8 Å². The van der Waals surface area contributed by atoms with E-state index in [-0.39, 0.29) is 22.8 Å². The van der Waals surface area contributed by atoms with Crippen molar-refractivity contribution >= 4 is 27.3 Å². The molecule has 1 aliphatic carbocycles. The second kappa shape index (κ2) is 8.76. The maximum absolute atomic E-state index is 13.1. The molecule has 2 aromatic carbocycles. The summed E-state index contributed by atoms with van der Waals surface area (Å²) in [5, 5.41) is 0. The van der Waals surface area contributed by atoms with Gasteiger partial charge in [-0.3, -0.25) is 4.79 Å². The zero-order chi connectivity index (χ0) is 23.2. The average molecular weight is 468 g/mol. The summed E-state index contributed by atoms with van der Waals surface area (Å²) in [6.45, 7) is 6.95. The van der Waals surface area contributed by atoms with E-state index >= 15 is 0 Å². The van der Waals surface area contributed by atoms with Gasteiger partial charge >= 0.3 is 0 Å². The van der Waals surface area contributed by atoms with Crippen LogP contribution in [-0.2, 0) is 21.2 Å². The molecule has 2 atom stereocenters. The maximum Gasteiger partial charge on any atom is 0.241 e. The van der Waals surface area contributed by atoms with Crippen molar-refractivity contribution in [1.29, 1.82) is 0 Å². The molecule has 5 rings (SSSR count). The van der Waals surface area contributed by atoms with Gasteiger partial charge in [0, 0.05) is 43.0 Å². The molecule has 1 saturated heterocycles. The van der Waals surface area contributed by atoms with E-state index in [1.54, 1.807) is 18.2 Å². The van der Waals surface area contributed by atoms with Gasteiger partial charge in [0.25, 0.3) is 0 Å². The maximum atomic E-state index is 13.1. The predicted octanol–water partition coefficient (Wildman–Crippen LogP) is 4.26. The van der Waals surface area contributed by atoms with Gasteiger partial charge in [-0.2, -0.15) is 0 Å². The summed E-state index contributed by atoms with van der Waals surface area (Å²) < 4.78 is 29.0. The van der Waals surface area contributed by atoms with Gasteiger partial charge in [0.2, 0.25) is 15.9 Å². The van der Waals surface area contributed by atoms with Crippen LogP contribution in [0.1, 0.15) is 56.7 Å². The molecule has 0 spiro atoms. The molecule has 2 aliphatic heterocycles. The number of fused-ring (bicyclic) bond motifs is 1. The normalized spacial score (nSPS) is 21.7. The summed E-state index contributed by atoms with van der Waals surface area (Å²) >= 11 is 0. The van der Waals surface area contributed by atoms with E-state index in [0.29, 0.717) is 18.9 Å². The highest BCUT2D eigenvalue weighted by molar-refractivity contribution is 7.89. The number of sulfonamides is 1. The van der Waals surface area contributed by atoms with Crippen molar-refractivity contribution < 1.29 is 13.2 Å². The van der Waals surface area contributed by atoms with Crippen LogP contribution in [-0.4, -0.2) is 34.0 Å².